The Hall–Kier alpha value is -0.250. The van der Waals surface area contributed by atoms with Gasteiger partial charge in [-0.25, -0.2) is 12.2 Å². The van der Waals surface area contributed by atoms with E-state index in [-0.39, 0.29) is 25.8 Å². The van der Waals surface area contributed by atoms with Crippen LogP contribution < -0.4 is 10.2 Å². The predicted octanol–water partition coefficient (Wildman–Crippen LogP) is 3.55. The molecule has 0 aliphatic heterocycles. The van der Waals surface area contributed by atoms with Crippen molar-refractivity contribution in [3.8, 4) is 0 Å². The number of hydrogen-bond acceptors (Lipinski definition) is 2. The van der Waals surface area contributed by atoms with Crippen LogP contribution in [-0.4, -0.2) is 12.2 Å². The van der Waals surface area contributed by atoms with Crippen LogP contribution in [0.5, 0.6) is 0 Å². The van der Waals surface area contributed by atoms with E-state index in [0.29, 0.717) is 0 Å². The van der Waals surface area contributed by atoms with Crippen molar-refractivity contribution in [2.24, 2.45) is 0 Å². The summed E-state index contributed by atoms with van der Waals surface area (Å²) in [5.74, 6) is 0. The van der Waals surface area contributed by atoms with E-state index in [9.17, 15) is 10.2 Å². The molecule has 0 aromatic heterocycles. The summed E-state index contributed by atoms with van der Waals surface area (Å²) in [5, 5.41) is 20.5. The average Bonchev–Trinajstić information content (AvgIpc) is 3.05. The molecule has 0 N–H and O–H groups in total. The van der Waals surface area contributed by atoms with E-state index in [1.807, 2.05) is 12.2 Å². The molecule has 2 atom stereocenters. The molecule has 0 spiro atoms. The number of hydrogen-bond donors (Lipinski definition) is 0. The summed E-state index contributed by atoms with van der Waals surface area (Å²) in [5.41, 5.74) is 0. The van der Waals surface area contributed by atoms with Crippen molar-refractivity contribution in [2.45, 2.75) is 65.1 Å². The molecular weight excluding hydrogens is 439 g/mol. The second-order valence-corrected chi connectivity index (χ2v) is 4.36. The first-order valence-electron chi connectivity index (χ1n) is 7.50. The molecule has 22 heavy (non-hydrogen) atoms. The molecule has 1 aliphatic rings. The van der Waals surface area contributed by atoms with Crippen LogP contribution in [0, 0.1) is 13.0 Å². The Morgan fingerprint density at radius 2 is 1.50 bits per heavy atom. The van der Waals surface area contributed by atoms with Crippen LogP contribution in [0.3, 0.4) is 0 Å². The Labute approximate surface area is 157 Å². The maximum atomic E-state index is 10.2. The molecule has 2 unspecified atom stereocenters. The van der Waals surface area contributed by atoms with Gasteiger partial charge >= 0.3 is 25.8 Å². The van der Waals surface area contributed by atoms with Crippen LogP contribution in [-0.2, 0) is 25.8 Å². The maximum absolute atomic E-state index is 10.2. The van der Waals surface area contributed by atoms with E-state index in [0.717, 1.165) is 32.1 Å². The molecule has 0 aromatic carbocycles. The molecule has 0 bridgehead atoms. The van der Waals surface area contributed by atoms with E-state index in [1.165, 1.54) is 0 Å². The van der Waals surface area contributed by atoms with E-state index in [4.69, 9.17) is 0 Å². The molecule has 2 nitrogen and oxygen atoms in total. The summed E-state index contributed by atoms with van der Waals surface area (Å²) < 4.78 is 0. The standard InChI is InChI=1S/2C6H11O.C5H5.C2H5.Hf/c2*1-3-4-5-6(2)7;1-2-4-5-3-1;1-2;/h2*3,6H,1,4-5H2,2H3;1-3H,4H2;1H2,2H3;/q4*-1;+4. The zero-order valence-electron chi connectivity index (χ0n) is 14.5. The normalized spacial score (nSPS) is 12.8. The fraction of sp³-hybridized carbons (Fsp3) is 0.526. The summed E-state index contributed by atoms with van der Waals surface area (Å²) in [4.78, 5) is 0. The smallest absolute Gasteiger partial charge is 0.852 e. The van der Waals surface area contributed by atoms with Gasteiger partial charge in [0.1, 0.15) is 0 Å². The van der Waals surface area contributed by atoms with Gasteiger partial charge in [-0.3, -0.25) is 6.08 Å². The second-order valence-electron chi connectivity index (χ2n) is 4.36. The molecule has 0 radical (unpaired) electrons. The first-order chi connectivity index (χ1) is 10.0. The van der Waals surface area contributed by atoms with Crippen LogP contribution >= 0.6 is 0 Å². The molecule has 3 heteroatoms. The van der Waals surface area contributed by atoms with Crippen LogP contribution in [0.1, 0.15) is 52.9 Å². The van der Waals surface area contributed by atoms with Crippen LogP contribution in [0.25, 0.3) is 0 Å². The van der Waals surface area contributed by atoms with Crippen molar-refractivity contribution in [3.05, 3.63) is 56.5 Å². The zero-order chi connectivity index (χ0) is 16.9. The van der Waals surface area contributed by atoms with Crippen molar-refractivity contribution < 1.29 is 36.1 Å². The van der Waals surface area contributed by atoms with Gasteiger partial charge in [0.2, 0.25) is 0 Å². The maximum Gasteiger partial charge on any atom is 4.00 e. The third-order valence-electron chi connectivity index (χ3n) is 2.14. The molecule has 0 saturated carbocycles. The predicted molar refractivity (Wildman–Crippen MR) is 90.4 cm³/mol. The summed E-state index contributed by atoms with van der Waals surface area (Å²) in [6.45, 7) is 15.3. The van der Waals surface area contributed by atoms with Gasteiger partial charge in [0, 0.05) is 0 Å². The van der Waals surface area contributed by atoms with Crippen LogP contribution in [0.2, 0.25) is 0 Å². The quantitative estimate of drug-likeness (QED) is 0.338. The minimum absolute atomic E-state index is 0. The molecule has 0 saturated heterocycles. The molecule has 1 aliphatic carbocycles. The van der Waals surface area contributed by atoms with E-state index in [1.54, 1.807) is 32.9 Å². The first-order valence-corrected chi connectivity index (χ1v) is 7.50. The summed E-state index contributed by atoms with van der Waals surface area (Å²) in [7, 11) is 0. The fourth-order valence-electron chi connectivity index (χ4n) is 1.05. The Balaban J connectivity index is -0.000000103. The van der Waals surface area contributed by atoms with Crippen molar-refractivity contribution in [1.29, 1.82) is 0 Å². The van der Waals surface area contributed by atoms with Crippen LogP contribution in [0.4, 0.5) is 0 Å². The van der Waals surface area contributed by atoms with Crippen molar-refractivity contribution in [2.75, 3.05) is 0 Å². The molecule has 0 fully saturated rings. The van der Waals surface area contributed by atoms with Gasteiger partial charge in [-0.05, 0) is 12.8 Å². The van der Waals surface area contributed by atoms with E-state index < -0.39 is 12.2 Å². The van der Waals surface area contributed by atoms with Gasteiger partial charge in [0.15, 0.2) is 0 Å². The van der Waals surface area contributed by atoms with Crippen molar-refractivity contribution in [1.82, 2.24) is 0 Å². The summed E-state index contributed by atoms with van der Waals surface area (Å²) in [6.07, 6.45) is 15.9. The molecule has 124 valence electrons. The minimum Gasteiger partial charge on any atom is -0.852 e. The first kappa shape index (κ1) is 29.7. The largest absolute Gasteiger partial charge is 4.00 e. The average molecular weight is 471 g/mol. The second kappa shape index (κ2) is 28.8. The van der Waals surface area contributed by atoms with Crippen LogP contribution in [0.15, 0.2) is 43.5 Å². The van der Waals surface area contributed by atoms with Gasteiger partial charge in [0.05, 0.1) is 0 Å². The van der Waals surface area contributed by atoms with E-state index >= 15 is 0 Å². The molecule has 0 aromatic rings. The molecular formula is C19H32HfO2. The summed E-state index contributed by atoms with van der Waals surface area (Å²) >= 11 is 0. The van der Waals surface area contributed by atoms with Gasteiger partial charge in [-0.15, -0.1) is 31.8 Å². The van der Waals surface area contributed by atoms with E-state index in [2.05, 4.69) is 32.2 Å². The van der Waals surface area contributed by atoms with Crippen molar-refractivity contribution in [3.63, 3.8) is 0 Å². The molecule has 1 rings (SSSR count). The SMILES string of the molecule is C=CCCC(C)[O-].C=CCCC(C)[O-].[C-]1=CC=CC1.[CH2-]C.[Hf+4]. The molecule has 0 heterocycles. The van der Waals surface area contributed by atoms with Gasteiger partial charge in [0.25, 0.3) is 0 Å². The fourth-order valence-corrected chi connectivity index (χ4v) is 1.05. The van der Waals surface area contributed by atoms with Gasteiger partial charge in [-0.1, -0.05) is 38.8 Å². The Kier molecular flexibility index (Phi) is 39.0. The third-order valence-corrected chi connectivity index (χ3v) is 2.14. The Morgan fingerprint density at radius 1 is 1.09 bits per heavy atom. The number of rotatable bonds is 6. The minimum atomic E-state index is -0.419. The Bertz CT molecular complexity index is 230. The van der Waals surface area contributed by atoms with Gasteiger partial charge in [-0.2, -0.15) is 13.0 Å². The molecule has 0 amide bonds. The van der Waals surface area contributed by atoms with Crippen molar-refractivity contribution >= 4 is 0 Å². The Morgan fingerprint density at radius 3 is 1.59 bits per heavy atom. The zero-order valence-corrected chi connectivity index (χ0v) is 18.1. The monoisotopic (exact) mass is 472 g/mol. The number of allylic oxidation sites excluding steroid dienone is 6. The summed E-state index contributed by atoms with van der Waals surface area (Å²) in [6, 6.07) is 0. The topological polar surface area (TPSA) is 46.1 Å². The third kappa shape index (κ3) is 42.7. The van der Waals surface area contributed by atoms with Gasteiger partial charge < -0.3 is 17.1 Å².